The fourth-order valence-electron chi connectivity index (χ4n) is 0.573. The monoisotopic (exact) mass is 186 g/mol. The number of carbonyl (C=O) groups is 2. The van der Waals surface area contributed by atoms with Crippen LogP contribution in [0.1, 0.15) is 13.8 Å². The van der Waals surface area contributed by atoms with Crippen molar-refractivity contribution < 1.29 is 23.9 Å². The molecule has 5 heteroatoms. The Bertz CT molecular complexity index is 229. The second kappa shape index (κ2) is 5.97. The Kier molecular flexibility index (Phi) is 5.23. The number of rotatable bonds is 4. The number of hydrogen-bond acceptors (Lipinski definition) is 5. The smallest absolute Gasteiger partial charge is 0.357 e. The van der Waals surface area contributed by atoms with Gasteiger partial charge >= 0.3 is 11.9 Å². The Morgan fingerprint density at radius 2 is 1.46 bits per heavy atom. The molecule has 0 aliphatic rings. The molecule has 0 heterocycles. The van der Waals surface area contributed by atoms with Crippen molar-refractivity contribution in [1.29, 1.82) is 0 Å². The summed E-state index contributed by atoms with van der Waals surface area (Å²) in [6, 6.07) is 0. The molecule has 0 saturated heterocycles. The van der Waals surface area contributed by atoms with E-state index in [9.17, 15) is 14.4 Å². The topological polar surface area (TPSA) is 69.7 Å². The van der Waals surface area contributed by atoms with E-state index in [2.05, 4.69) is 9.47 Å². The van der Waals surface area contributed by atoms with Gasteiger partial charge in [-0.3, -0.25) is 0 Å². The zero-order valence-electron chi connectivity index (χ0n) is 7.46. The zero-order chi connectivity index (χ0) is 10.3. The molecule has 0 bridgehead atoms. The Balaban J connectivity index is 4.44. The molecule has 0 aliphatic carbocycles. The minimum Gasteiger partial charge on any atom is -0.462 e. The maximum atomic E-state index is 10.9. The number of carbonyl (C=O) groups excluding carboxylic acids is 3. The summed E-state index contributed by atoms with van der Waals surface area (Å²) in [6.45, 7) is 3.30. The molecule has 0 saturated carbocycles. The average Bonchev–Trinajstić information content (AvgIpc) is 2.06. The molecule has 0 N–H and O–H groups in total. The van der Waals surface area contributed by atoms with Gasteiger partial charge in [-0.1, -0.05) is 0 Å². The summed E-state index contributed by atoms with van der Waals surface area (Å²) in [7, 11) is 0. The van der Waals surface area contributed by atoms with Gasteiger partial charge in [0, 0.05) is 0 Å². The predicted octanol–water partition coefficient (Wildman–Crippen LogP) is -0.129. The van der Waals surface area contributed by atoms with Crippen LogP contribution in [0.4, 0.5) is 0 Å². The molecule has 0 radical (unpaired) electrons. The summed E-state index contributed by atoms with van der Waals surface area (Å²) in [6.07, 6.45) is 0. The molecule has 72 valence electrons. The van der Waals surface area contributed by atoms with E-state index in [-0.39, 0.29) is 13.2 Å². The van der Waals surface area contributed by atoms with Crippen molar-refractivity contribution in [2.75, 3.05) is 13.2 Å². The molecule has 0 rings (SSSR count). The quantitative estimate of drug-likeness (QED) is 0.201. The molecular formula is C8H10O5. The first-order valence-electron chi connectivity index (χ1n) is 3.76. The fraction of sp³-hybridized carbons (Fsp3) is 0.500. The van der Waals surface area contributed by atoms with Gasteiger partial charge < -0.3 is 9.47 Å². The van der Waals surface area contributed by atoms with Gasteiger partial charge in [0.2, 0.25) is 5.57 Å². The summed E-state index contributed by atoms with van der Waals surface area (Å²) >= 11 is 0. The highest BCUT2D eigenvalue weighted by molar-refractivity contribution is 6.20. The minimum absolute atomic E-state index is 0.0867. The highest BCUT2D eigenvalue weighted by atomic mass is 16.6. The summed E-state index contributed by atoms with van der Waals surface area (Å²) in [5, 5.41) is 0. The van der Waals surface area contributed by atoms with E-state index in [0.717, 1.165) is 0 Å². The summed E-state index contributed by atoms with van der Waals surface area (Å²) in [5.74, 6) is -0.819. The maximum absolute atomic E-state index is 10.9. The third kappa shape index (κ3) is 3.53. The predicted molar refractivity (Wildman–Crippen MR) is 42.5 cm³/mol. The number of ether oxygens (including phenoxy) is 2. The molecule has 0 fully saturated rings. The Hall–Kier alpha value is -1.61. The van der Waals surface area contributed by atoms with Gasteiger partial charge in [-0.15, -0.1) is 0 Å². The average molecular weight is 186 g/mol. The zero-order valence-corrected chi connectivity index (χ0v) is 7.46. The molecule has 0 atom stereocenters. The maximum Gasteiger partial charge on any atom is 0.357 e. The molecule has 0 aromatic rings. The number of esters is 2. The van der Waals surface area contributed by atoms with E-state index in [1.165, 1.54) is 5.94 Å². The van der Waals surface area contributed by atoms with Crippen LogP contribution in [0.5, 0.6) is 0 Å². The Labute approximate surface area is 75.3 Å². The van der Waals surface area contributed by atoms with E-state index in [4.69, 9.17) is 0 Å². The van der Waals surface area contributed by atoms with Crippen LogP contribution in [-0.4, -0.2) is 31.1 Å². The van der Waals surface area contributed by atoms with Crippen molar-refractivity contribution in [3.05, 3.63) is 5.57 Å². The molecule has 0 amide bonds. The molecular weight excluding hydrogens is 176 g/mol. The Morgan fingerprint density at radius 1 is 1.08 bits per heavy atom. The van der Waals surface area contributed by atoms with Crippen LogP contribution in [0, 0.1) is 0 Å². The van der Waals surface area contributed by atoms with Gasteiger partial charge in [0.1, 0.15) is 5.94 Å². The summed E-state index contributed by atoms with van der Waals surface area (Å²) in [4.78, 5) is 31.9. The van der Waals surface area contributed by atoms with Crippen LogP contribution in [0.3, 0.4) is 0 Å². The van der Waals surface area contributed by atoms with Crippen LogP contribution in [-0.2, 0) is 23.9 Å². The van der Waals surface area contributed by atoms with Gasteiger partial charge in [-0.25, -0.2) is 14.4 Å². The second-order valence-corrected chi connectivity index (χ2v) is 1.92. The first kappa shape index (κ1) is 11.4. The van der Waals surface area contributed by atoms with Crippen molar-refractivity contribution in [3.63, 3.8) is 0 Å². The van der Waals surface area contributed by atoms with Crippen molar-refractivity contribution >= 4 is 17.9 Å². The lowest BCUT2D eigenvalue weighted by atomic mass is 10.3. The standard InChI is InChI=1S/C8H10O5/c1-3-12-7(10)6(5-9)8(11)13-4-2/h3-4H2,1-2H3. The van der Waals surface area contributed by atoms with E-state index in [1.54, 1.807) is 13.8 Å². The van der Waals surface area contributed by atoms with Crippen LogP contribution in [0.2, 0.25) is 0 Å². The van der Waals surface area contributed by atoms with Gasteiger partial charge in [0.25, 0.3) is 0 Å². The van der Waals surface area contributed by atoms with Crippen molar-refractivity contribution in [3.8, 4) is 0 Å². The third-order valence-corrected chi connectivity index (χ3v) is 1.06. The summed E-state index contributed by atoms with van der Waals surface area (Å²) < 4.78 is 8.85. The molecule has 0 unspecified atom stereocenters. The minimum atomic E-state index is -1.00. The van der Waals surface area contributed by atoms with Crippen LogP contribution < -0.4 is 0 Å². The lowest BCUT2D eigenvalue weighted by Gasteiger charge is -2.01. The fourth-order valence-corrected chi connectivity index (χ4v) is 0.573. The third-order valence-electron chi connectivity index (χ3n) is 1.06. The normalized spacial score (nSPS) is 8.46. The van der Waals surface area contributed by atoms with Crippen LogP contribution in [0.15, 0.2) is 5.57 Å². The van der Waals surface area contributed by atoms with Crippen molar-refractivity contribution in [2.24, 2.45) is 0 Å². The van der Waals surface area contributed by atoms with Gasteiger partial charge in [0.05, 0.1) is 13.2 Å². The second-order valence-electron chi connectivity index (χ2n) is 1.92. The van der Waals surface area contributed by atoms with E-state index in [0.29, 0.717) is 0 Å². The van der Waals surface area contributed by atoms with Gasteiger partial charge in [-0.2, -0.15) is 0 Å². The van der Waals surface area contributed by atoms with Gasteiger partial charge in [-0.05, 0) is 13.8 Å². The molecule has 0 aromatic heterocycles. The first-order valence-corrected chi connectivity index (χ1v) is 3.76. The van der Waals surface area contributed by atoms with E-state index < -0.39 is 17.5 Å². The lowest BCUT2D eigenvalue weighted by Crippen LogP contribution is -2.18. The van der Waals surface area contributed by atoms with Gasteiger partial charge in [0.15, 0.2) is 0 Å². The lowest BCUT2D eigenvalue weighted by molar-refractivity contribution is -0.146. The number of hydrogen-bond donors (Lipinski definition) is 0. The molecule has 0 spiro atoms. The molecule has 13 heavy (non-hydrogen) atoms. The van der Waals surface area contributed by atoms with E-state index in [1.807, 2.05) is 0 Å². The van der Waals surface area contributed by atoms with Crippen LogP contribution >= 0.6 is 0 Å². The SMILES string of the molecule is CCOC(=O)C(=C=O)C(=O)OCC. The highest BCUT2D eigenvalue weighted by Gasteiger charge is 2.22. The summed E-state index contributed by atoms with van der Waals surface area (Å²) in [5.41, 5.74) is -0.733. The molecule has 0 aromatic carbocycles. The van der Waals surface area contributed by atoms with E-state index >= 15 is 0 Å². The van der Waals surface area contributed by atoms with Crippen molar-refractivity contribution in [2.45, 2.75) is 13.8 Å². The largest absolute Gasteiger partial charge is 0.462 e. The van der Waals surface area contributed by atoms with Crippen LogP contribution in [0.25, 0.3) is 0 Å². The van der Waals surface area contributed by atoms with Crippen molar-refractivity contribution in [1.82, 2.24) is 0 Å². The molecule has 0 aliphatic heterocycles. The highest BCUT2D eigenvalue weighted by Crippen LogP contribution is 1.96. The molecule has 5 nitrogen and oxygen atoms in total. The first-order chi connectivity index (χ1) is 6.17. The Morgan fingerprint density at radius 3 is 1.69 bits per heavy atom.